The summed E-state index contributed by atoms with van der Waals surface area (Å²) in [6, 6.07) is 4.82. The van der Waals surface area contributed by atoms with E-state index in [9.17, 15) is 4.39 Å². The molecule has 0 saturated heterocycles. The lowest BCUT2D eigenvalue weighted by molar-refractivity contribution is 0.616. The molecule has 0 radical (unpaired) electrons. The van der Waals surface area contributed by atoms with E-state index in [-0.39, 0.29) is 11.9 Å². The van der Waals surface area contributed by atoms with Crippen LogP contribution in [0.4, 0.5) is 10.1 Å². The predicted octanol–water partition coefficient (Wildman–Crippen LogP) is 2.54. The summed E-state index contributed by atoms with van der Waals surface area (Å²) >= 11 is 0. The van der Waals surface area contributed by atoms with Crippen molar-refractivity contribution in [2.45, 2.75) is 19.9 Å². The van der Waals surface area contributed by atoms with Gasteiger partial charge >= 0.3 is 0 Å². The van der Waals surface area contributed by atoms with Crippen molar-refractivity contribution in [2.24, 2.45) is 4.99 Å². The maximum atomic E-state index is 12.9. The Balaban J connectivity index is 2.56. The molecule has 0 amide bonds. The third-order valence-corrected chi connectivity index (χ3v) is 2.17. The molecule has 0 fully saturated rings. The van der Waals surface area contributed by atoms with E-state index in [2.05, 4.69) is 10.3 Å². The molecule has 1 heterocycles. The highest BCUT2D eigenvalue weighted by Gasteiger charge is 2.15. The lowest BCUT2D eigenvalue weighted by atomic mass is 10.0. The first kappa shape index (κ1) is 8.23. The number of amidine groups is 1. The molecule has 0 aromatic heterocycles. The minimum Gasteiger partial charge on any atom is -0.367 e. The second-order valence-electron chi connectivity index (χ2n) is 3.27. The van der Waals surface area contributed by atoms with Crippen LogP contribution in [0.1, 0.15) is 25.5 Å². The molecule has 1 aromatic rings. The molecule has 1 unspecified atom stereocenters. The van der Waals surface area contributed by atoms with Crippen molar-refractivity contribution >= 4 is 11.5 Å². The molecular weight excluding hydrogens is 167 g/mol. The minimum atomic E-state index is -0.206. The zero-order valence-corrected chi connectivity index (χ0v) is 7.63. The number of nitrogens with zero attached hydrogens (tertiary/aromatic N) is 1. The minimum absolute atomic E-state index is 0.142. The van der Waals surface area contributed by atoms with Gasteiger partial charge in [0, 0.05) is 5.56 Å². The summed E-state index contributed by atoms with van der Waals surface area (Å²) in [6.45, 7) is 3.90. The highest BCUT2D eigenvalue weighted by atomic mass is 19.1. The van der Waals surface area contributed by atoms with Crippen LogP contribution in [0.2, 0.25) is 0 Å². The van der Waals surface area contributed by atoms with Crippen LogP contribution < -0.4 is 5.32 Å². The molecular formula is C10H11FN2. The molecule has 1 aliphatic heterocycles. The number of fused-ring (bicyclic) bond motifs is 1. The van der Waals surface area contributed by atoms with Gasteiger partial charge in [-0.05, 0) is 32.0 Å². The molecule has 0 aliphatic carbocycles. The number of hydrogen-bond acceptors (Lipinski definition) is 2. The Bertz CT molecular complexity index is 371. The quantitative estimate of drug-likeness (QED) is 0.648. The van der Waals surface area contributed by atoms with E-state index in [1.54, 1.807) is 6.07 Å². The molecule has 0 saturated carbocycles. The fraction of sp³-hybridized carbons (Fsp3) is 0.300. The Kier molecular flexibility index (Phi) is 1.79. The first-order chi connectivity index (χ1) is 6.16. The van der Waals surface area contributed by atoms with Gasteiger partial charge in [0.2, 0.25) is 0 Å². The number of benzene rings is 1. The molecule has 1 aliphatic rings. The Labute approximate surface area is 76.5 Å². The summed E-state index contributed by atoms with van der Waals surface area (Å²) in [6.07, 6.45) is 0. The van der Waals surface area contributed by atoms with Crippen LogP contribution in [0.25, 0.3) is 0 Å². The molecule has 3 heteroatoms. The Hall–Kier alpha value is -1.38. The van der Waals surface area contributed by atoms with Crippen LogP contribution in [0, 0.1) is 5.82 Å². The first-order valence-corrected chi connectivity index (χ1v) is 4.28. The second kappa shape index (κ2) is 2.83. The van der Waals surface area contributed by atoms with Crippen molar-refractivity contribution < 1.29 is 4.39 Å². The van der Waals surface area contributed by atoms with Crippen molar-refractivity contribution in [1.29, 1.82) is 0 Å². The molecule has 1 aromatic carbocycles. The van der Waals surface area contributed by atoms with Gasteiger partial charge in [-0.2, -0.15) is 0 Å². The Morgan fingerprint density at radius 2 is 2.23 bits per heavy atom. The highest BCUT2D eigenvalue weighted by molar-refractivity contribution is 5.85. The summed E-state index contributed by atoms with van der Waals surface area (Å²) in [5.74, 6) is 0.675. The van der Waals surface area contributed by atoms with Crippen molar-refractivity contribution in [3.8, 4) is 0 Å². The summed E-state index contributed by atoms with van der Waals surface area (Å²) in [4.78, 5) is 4.28. The van der Waals surface area contributed by atoms with Crippen molar-refractivity contribution in [1.82, 2.24) is 5.32 Å². The summed E-state index contributed by atoms with van der Waals surface area (Å²) < 4.78 is 12.9. The van der Waals surface area contributed by atoms with Gasteiger partial charge in [-0.1, -0.05) is 0 Å². The van der Waals surface area contributed by atoms with Crippen LogP contribution >= 0.6 is 0 Å². The fourth-order valence-electron chi connectivity index (χ4n) is 1.58. The van der Waals surface area contributed by atoms with Gasteiger partial charge in [0.1, 0.15) is 5.82 Å². The van der Waals surface area contributed by atoms with Gasteiger partial charge in [-0.25, -0.2) is 9.38 Å². The molecule has 1 atom stereocenters. The fourth-order valence-corrected chi connectivity index (χ4v) is 1.58. The molecule has 0 spiro atoms. The van der Waals surface area contributed by atoms with E-state index >= 15 is 0 Å². The maximum Gasteiger partial charge on any atom is 0.123 e. The predicted molar refractivity (Wildman–Crippen MR) is 50.7 cm³/mol. The van der Waals surface area contributed by atoms with Crippen molar-refractivity contribution in [2.75, 3.05) is 0 Å². The van der Waals surface area contributed by atoms with E-state index in [4.69, 9.17) is 0 Å². The van der Waals surface area contributed by atoms with E-state index in [0.717, 1.165) is 17.1 Å². The molecule has 0 bridgehead atoms. The standard InChI is InChI=1S/C10H11FN2/c1-6-9-5-8(11)3-4-10(9)13-7(2)12-6/h3-6H,1-2H3,(H,12,13). The number of hydrogen-bond donors (Lipinski definition) is 1. The molecule has 1 N–H and O–H groups in total. The smallest absolute Gasteiger partial charge is 0.123 e. The average molecular weight is 178 g/mol. The number of rotatable bonds is 0. The lowest BCUT2D eigenvalue weighted by Gasteiger charge is -2.22. The normalized spacial score (nSPS) is 20.2. The monoisotopic (exact) mass is 178 g/mol. The Morgan fingerprint density at radius 1 is 1.46 bits per heavy atom. The third-order valence-electron chi connectivity index (χ3n) is 2.17. The number of nitrogens with one attached hydrogen (secondary N) is 1. The molecule has 2 nitrogen and oxygen atoms in total. The summed E-state index contributed by atoms with van der Waals surface area (Å²) in [5, 5.41) is 3.15. The third kappa shape index (κ3) is 1.41. The van der Waals surface area contributed by atoms with E-state index in [1.807, 2.05) is 13.8 Å². The second-order valence-corrected chi connectivity index (χ2v) is 3.27. The lowest BCUT2D eigenvalue weighted by Crippen LogP contribution is -2.27. The van der Waals surface area contributed by atoms with Crippen LogP contribution in [0.15, 0.2) is 23.2 Å². The Morgan fingerprint density at radius 3 is 3.00 bits per heavy atom. The largest absolute Gasteiger partial charge is 0.367 e. The van der Waals surface area contributed by atoms with Crippen LogP contribution in [0.3, 0.4) is 0 Å². The zero-order valence-electron chi connectivity index (χ0n) is 7.63. The average Bonchev–Trinajstić information content (AvgIpc) is 2.06. The van der Waals surface area contributed by atoms with Crippen molar-refractivity contribution in [3.63, 3.8) is 0 Å². The van der Waals surface area contributed by atoms with E-state index in [0.29, 0.717) is 0 Å². The number of halogens is 1. The van der Waals surface area contributed by atoms with Crippen LogP contribution in [0.5, 0.6) is 0 Å². The zero-order chi connectivity index (χ0) is 9.42. The summed E-state index contributed by atoms with van der Waals surface area (Å²) in [7, 11) is 0. The highest BCUT2D eigenvalue weighted by Crippen LogP contribution is 2.29. The van der Waals surface area contributed by atoms with E-state index < -0.39 is 0 Å². The van der Waals surface area contributed by atoms with Gasteiger partial charge in [0.25, 0.3) is 0 Å². The molecule has 68 valence electrons. The van der Waals surface area contributed by atoms with E-state index in [1.165, 1.54) is 12.1 Å². The first-order valence-electron chi connectivity index (χ1n) is 4.28. The van der Waals surface area contributed by atoms with Crippen LogP contribution in [-0.2, 0) is 0 Å². The maximum absolute atomic E-state index is 12.9. The molecule has 2 rings (SSSR count). The SMILES string of the molecule is CC1=Nc2ccc(F)cc2C(C)N1. The summed E-state index contributed by atoms with van der Waals surface area (Å²) in [5.41, 5.74) is 1.79. The van der Waals surface area contributed by atoms with Crippen molar-refractivity contribution in [3.05, 3.63) is 29.6 Å². The number of aliphatic imine (C=N–C) groups is 1. The van der Waals surface area contributed by atoms with Crippen LogP contribution in [-0.4, -0.2) is 5.84 Å². The van der Waals surface area contributed by atoms with Gasteiger partial charge in [0.15, 0.2) is 0 Å². The molecule has 13 heavy (non-hydrogen) atoms. The topological polar surface area (TPSA) is 24.4 Å². The van der Waals surface area contributed by atoms with Gasteiger partial charge in [0.05, 0.1) is 17.6 Å². The van der Waals surface area contributed by atoms with Gasteiger partial charge in [-0.15, -0.1) is 0 Å². The van der Waals surface area contributed by atoms with Gasteiger partial charge in [-0.3, -0.25) is 0 Å². The van der Waals surface area contributed by atoms with Gasteiger partial charge < -0.3 is 5.32 Å².